The highest BCUT2D eigenvalue weighted by molar-refractivity contribution is 6.30. The van der Waals surface area contributed by atoms with Gasteiger partial charge in [0.2, 0.25) is 0 Å². The number of fused-ring (bicyclic) bond motifs is 4. The number of nitrogens with zero attached hydrogens (tertiary/aromatic N) is 16. The van der Waals surface area contributed by atoms with Crippen LogP contribution in [0.3, 0.4) is 0 Å². The average Bonchev–Trinajstić information content (AvgIpc) is 1.52. The third-order valence-corrected chi connectivity index (χ3v) is 17.3. The van der Waals surface area contributed by atoms with Crippen molar-refractivity contribution in [3.63, 3.8) is 0 Å². The van der Waals surface area contributed by atoms with Crippen molar-refractivity contribution in [1.29, 1.82) is 0 Å². The molecular formula is C74H76ClN23. The molecule has 0 aliphatic rings. The van der Waals surface area contributed by atoms with Crippen LogP contribution in [0.5, 0.6) is 0 Å². The van der Waals surface area contributed by atoms with Gasteiger partial charge in [0.05, 0.1) is 58.2 Å². The van der Waals surface area contributed by atoms with Crippen LogP contribution in [0.15, 0.2) is 193 Å². The Labute approximate surface area is 570 Å². The zero-order valence-corrected chi connectivity index (χ0v) is 56.5. The smallest absolute Gasteiger partial charge is 0.154 e. The molecule has 0 bridgehead atoms. The van der Waals surface area contributed by atoms with Gasteiger partial charge < -0.3 is 49.3 Å². The fourth-order valence-electron chi connectivity index (χ4n) is 12.1. The summed E-state index contributed by atoms with van der Waals surface area (Å²) in [6, 6.07) is 52.6. The van der Waals surface area contributed by atoms with Crippen LogP contribution < -0.4 is 40.1 Å². The molecule has 23 nitrogen and oxygen atoms in total. The molecule has 0 aliphatic heterocycles. The van der Waals surface area contributed by atoms with Gasteiger partial charge in [-0.3, -0.25) is 18.7 Å². The zero-order chi connectivity index (χ0) is 69.1. The molecule has 5 aromatic carbocycles. The topological polar surface area (TPSA) is 340 Å². The molecule has 0 saturated heterocycles. The molecule has 0 fully saturated rings. The molecular weight excluding hydrogens is 1250 g/mol. The summed E-state index contributed by atoms with van der Waals surface area (Å²) >= 11 is 5.91. The number of benzene rings is 5. The van der Waals surface area contributed by atoms with Gasteiger partial charge in [-0.1, -0.05) is 60.1 Å². The lowest BCUT2D eigenvalue weighted by molar-refractivity contribution is 0.796. The van der Waals surface area contributed by atoms with Crippen molar-refractivity contribution in [1.82, 2.24) is 68.2 Å². The molecule has 494 valence electrons. The van der Waals surface area contributed by atoms with Gasteiger partial charge in [-0.15, -0.1) is 5.11 Å². The highest BCUT2D eigenvalue weighted by atomic mass is 35.5. The highest BCUT2D eigenvalue weighted by Crippen LogP contribution is 2.33. The third-order valence-electron chi connectivity index (χ3n) is 17.0. The summed E-state index contributed by atoms with van der Waals surface area (Å²) in [5.41, 5.74) is 60.4. The first-order chi connectivity index (χ1) is 47.0. The van der Waals surface area contributed by atoms with Crippen molar-refractivity contribution in [3.05, 3.63) is 255 Å². The molecule has 0 radical (unpaired) electrons. The van der Waals surface area contributed by atoms with Crippen LogP contribution in [-0.2, 0) is 53.9 Å². The molecule has 0 spiro atoms. The van der Waals surface area contributed by atoms with E-state index in [-0.39, 0.29) is 11.6 Å². The Hall–Kier alpha value is -12.4. The van der Waals surface area contributed by atoms with Crippen LogP contribution in [-0.4, -0.2) is 68.2 Å². The van der Waals surface area contributed by atoms with Crippen LogP contribution >= 0.6 is 11.6 Å². The summed E-state index contributed by atoms with van der Waals surface area (Å²) in [6.45, 7) is 8.51. The maximum atomic E-state index is 6.08. The fraction of sp³-hybridized carbons (Fsp3) is 0.162. The lowest BCUT2D eigenvalue weighted by Gasteiger charge is -2.16. The second kappa shape index (κ2) is 27.9. The van der Waals surface area contributed by atoms with Gasteiger partial charge in [0.15, 0.2) is 5.82 Å². The van der Waals surface area contributed by atoms with E-state index in [0.717, 1.165) is 90.5 Å². The maximum Gasteiger partial charge on any atom is 0.154 e. The van der Waals surface area contributed by atoms with Crippen molar-refractivity contribution < 1.29 is 0 Å². The standard InChI is InChI=1S/C26H27N5.C20H18ClN7.C14H16N6.C14H15N5/c1-17-6-7-18(2)30(17)25-14-22(15-26(28-25)31-19(3)8-9-20(31)4)12-21-10-11-23-16-27-29(5)24(23)13-21;1-28-17-9-12(2-3-13(17)11-24-28)8-14-10-18(22)25-20(23)19(14)27-26-16-6-4-15(21)5-7-16;1-20-11-5-8(2-3-9(11)7-18-20)4-10-6-12(15)19-14(17)13(10)16;1-19-12-5-9(2-3-11(12)8-17-19)4-10-6-13(15)18-14(16)7-10/h6-11,13-16H,12H2,1-5H3;2-7,9-11H,8H2,1H3,(H4,22,23,25);2-3,5-7H,4,16H2,1H3,(H4,15,17,19);2-3,5-8H,4H2,1H3,(H4,15,16,18). The van der Waals surface area contributed by atoms with Gasteiger partial charge in [0.1, 0.15) is 46.4 Å². The van der Waals surface area contributed by atoms with Crippen LogP contribution in [0.25, 0.3) is 55.2 Å². The molecule has 0 saturated carbocycles. The van der Waals surface area contributed by atoms with Gasteiger partial charge in [-0.05, 0) is 207 Å². The van der Waals surface area contributed by atoms with E-state index in [2.05, 4.69) is 179 Å². The van der Waals surface area contributed by atoms with E-state index in [9.17, 15) is 0 Å². The van der Waals surface area contributed by atoms with E-state index >= 15 is 0 Å². The minimum Gasteiger partial charge on any atom is -0.396 e. The first-order valence-electron chi connectivity index (χ1n) is 31.5. The number of hydrogen-bond acceptors (Lipinski definition) is 17. The van der Waals surface area contributed by atoms with Crippen LogP contribution in [0.4, 0.5) is 52.0 Å². The van der Waals surface area contributed by atoms with E-state index in [4.69, 9.17) is 56.7 Å². The van der Waals surface area contributed by atoms with E-state index < -0.39 is 0 Å². The Morgan fingerprint density at radius 1 is 0.347 bits per heavy atom. The molecule has 0 aliphatic carbocycles. The van der Waals surface area contributed by atoms with Crippen molar-refractivity contribution in [2.24, 2.45) is 38.4 Å². The third kappa shape index (κ3) is 14.8. The molecule has 24 heteroatoms. The van der Waals surface area contributed by atoms with E-state index in [1.165, 1.54) is 44.9 Å². The minimum atomic E-state index is 0.245. The predicted molar refractivity (Wildman–Crippen MR) is 395 cm³/mol. The molecule has 10 heterocycles. The highest BCUT2D eigenvalue weighted by Gasteiger charge is 2.16. The zero-order valence-electron chi connectivity index (χ0n) is 55.7. The number of pyridine rings is 4. The number of rotatable bonds is 12. The molecule has 0 unspecified atom stereocenters. The number of halogens is 1. The maximum absolute atomic E-state index is 6.08. The Kier molecular flexibility index (Phi) is 18.7. The van der Waals surface area contributed by atoms with Crippen molar-refractivity contribution >= 4 is 107 Å². The molecule has 15 rings (SSSR count). The van der Waals surface area contributed by atoms with Crippen molar-refractivity contribution in [2.75, 3.05) is 40.1 Å². The minimum absolute atomic E-state index is 0.245. The number of nitrogen functional groups attached to an aromatic ring is 7. The fourth-order valence-corrected chi connectivity index (χ4v) is 12.2. The Bertz CT molecular complexity index is 5330. The molecule has 15 aromatic rings. The normalized spacial score (nSPS) is 11.3. The summed E-state index contributed by atoms with van der Waals surface area (Å²) < 4.78 is 11.9. The van der Waals surface area contributed by atoms with Gasteiger partial charge in [0, 0.05) is 77.5 Å². The number of hydrogen-bond donors (Lipinski definition) is 7. The summed E-state index contributed by atoms with van der Waals surface area (Å²) in [5, 5.41) is 30.9. The summed E-state index contributed by atoms with van der Waals surface area (Å²) in [7, 11) is 7.77. The van der Waals surface area contributed by atoms with Gasteiger partial charge in [0.25, 0.3) is 0 Å². The molecule has 10 aromatic heterocycles. The lowest BCUT2D eigenvalue weighted by Crippen LogP contribution is -2.09. The quantitative estimate of drug-likeness (QED) is 0.0559. The average molecular weight is 1320 g/mol. The number of aromatic nitrogens is 14. The monoisotopic (exact) mass is 1320 g/mol. The SMILES string of the molecule is Cc1ccc(C)n1-c1cc(Cc2ccc3cnn(C)c3c2)cc(-n2c(C)ccc2C)n1.Cn1ncc2ccc(Cc3cc(N)nc(N)c3)cc21.Cn1ncc2ccc(Cc3cc(N)nc(N)c3N)cc21.Cn1ncc2ccc(Cc3cc(N)nc(N)c3N=Nc3ccc(Cl)cc3)cc21. The molecule has 14 N–H and O–H groups in total. The van der Waals surface area contributed by atoms with Crippen molar-refractivity contribution in [2.45, 2.75) is 53.4 Å². The predicted octanol–water partition coefficient (Wildman–Crippen LogP) is 13.2. The van der Waals surface area contributed by atoms with Crippen molar-refractivity contribution in [3.8, 4) is 11.6 Å². The van der Waals surface area contributed by atoms with E-state index in [1.54, 1.807) is 36.4 Å². The number of anilines is 7. The largest absolute Gasteiger partial charge is 0.396 e. The van der Waals surface area contributed by atoms with Gasteiger partial charge in [-0.2, -0.15) is 25.5 Å². The lowest BCUT2D eigenvalue weighted by atomic mass is 10.0. The molecule has 0 atom stereocenters. The summed E-state index contributed by atoms with van der Waals surface area (Å²) in [6.07, 6.45) is 10.3. The van der Waals surface area contributed by atoms with Crippen LogP contribution in [0, 0.1) is 27.7 Å². The summed E-state index contributed by atoms with van der Waals surface area (Å²) in [5.74, 6) is 4.08. The first-order valence-corrected chi connectivity index (χ1v) is 31.9. The number of nitrogens with two attached hydrogens (primary N) is 7. The Morgan fingerprint density at radius 3 is 1.12 bits per heavy atom. The number of azo groups is 1. The van der Waals surface area contributed by atoms with Crippen LogP contribution in [0.1, 0.15) is 67.3 Å². The molecule has 0 amide bonds. The Balaban J connectivity index is 0.000000127. The first kappa shape index (κ1) is 65.7. The van der Waals surface area contributed by atoms with Crippen LogP contribution in [0.2, 0.25) is 5.02 Å². The van der Waals surface area contributed by atoms with Gasteiger partial charge in [-0.25, -0.2) is 19.9 Å². The second-order valence-corrected chi connectivity index (χ2v) is 24.8. The summed E-state index contributed by atoms with van der Waals surface area (Å²) in [4.78, 5) is 17.1. The van der Waals surface area contributed by atoms with E-state index in [1.807, 2.05) is 96.0 Å². The Morgan fingerprint density at radius 2 is 0.704 bits per heavy atom. The second-order valence-electron chi connectivity index (χ2n) is 24.4. The number of aryl methyl sites for hydroxylation is 8. The molecule has 98 heavy (non-hydrogen) atoms. The van der Waals surface area contributed by atoms with Gasteiger partial charge >= 0.3 is 0 Å². The van der Waals surface area contributed by atoms with E-state index in [0.29, 0.717) is 58.2 Å².